The minimum atomic E-state index is -0.489. The number of nitrogens with one attached hydrogen (secondary N) is 1. The fraction of sp³-hybridized carbons (Fsp3) is 0.250. The SMILES string of the molecule is Nc1ccc(OCC(=O)N2CC(=O)NC(=O)C2)cc1. The number of nitrogens with two attached hydrogens (primary N) is 1. The van der Waals surface area contributed by atoms with E-state index in [9.17, 15) is 14.4 Å². The fourth-order valence-corrected chi connectivity index (χ4v) is 1.61. The first kappa shape index (κ1) is 12.9. The number of amides is 3. The Morgan fingerprint density at radius 1 is 1.21 bits per heavy atom. The van der Waals surface area contributed by atoms with Crippen molar-refractivity contribution >= 4 is 23.4 Å². The van der Waals surface area contributed by atoms with Gasteiger partial charge in [0, 0.05) is 5.69 Å². The number of carbonyl (C=O) groups is 3. The third-order valence-corrected chi connectivity index (χ3v) is 2.54. The lowest BCUT2D eigenvalue weighted by molar-refractivity contribution is -0.146. The van der Waals surface area contributed by atoms with E-state index < -0.39 is 17.7 Å². The standard InChI is InChI=1S/C12H13N3O4/c13-8-1-3-9(4-2-8)19-7-12(18)15-5-10(16)14-11(17)6-15/h1-4H,5-7,13H2,(H,14,16,17). The van der Waals surface area contributed by atoms with Crippen LogP contribution in [0.15, 0.2) is 24.3 Å². The Morgan fingerprint density at radius 3 is 2.37 bits per heavy atom. The Bertz CT molecular complexity index is 496. The van der Waals surface area contributed by atoms with E-state index in [0.717, 1.165) is 4.90 Å². The molecule has 3 amide bonds. The molecule has 1 aliphatic heterocycles. The van der Waals surface area contributed by atoms with Crippen molar-refractivity contribution in [3.05, 3.63) is 24.3 Å². The molecule has 0 saturated carbocycles. The zero-order valence-electron chi connectivity index (χ0n) is 10.1. The molecule has 0 unspecified atom stereocenters. The van der Waals surface area contributed by atoms with Crippen molar-refractivity contribution in [1.82, 2.24) is 10.2 Å². The summed E-state index contributed by atoms with van der Waals surface area (Å²) in [6.45, 7) is -0.490. The van der Waals surface area contributed by atoms with Gasteiger partial charge < -0.3 is 15.4 Å². The van der Waals surface area contributed by atoms with Gasteiger partial charge in [-0.05, 0) is 24.3 Å². The van der Waals surface area contributed by atoms with Crippen LogP contribution in [-0.4, -0.2) is 42.3 Å². The number of hydrogen-bond acceptors (Lipinski definition) is 5. The molecule has 0 spiro atoms. The van der Waals surface area contributed by atoms with E-state index in [2.05, 4.69) is 5.32 Å². The van der Waals surface area contributed by atoms with Gasteiger partial charge in [0.15, 0.2) is 6.61 Å². The Kier molecular flexibility index (Phi) is 3.65. The highest BCUT2D eigenvalue weighted by molar-refractivity contribution is 6.02. The first-order valence-electron chi connectivity index (χ1n) is 5.63. The summed E-state index contributed by atoms with van der Waals surface area (Å²) < 4.78 is 5.26. The van der Waals surface area contributed by atoms with E-state index in [1.165, 1.54) is 0 Å². The van der Waals surface area contributed by atoms with Crippen LogP contribution in [0, 0.1) is 0 Å². The summed E-state index contributed by atoms with van der Waals surface area (Å²) in [5, 5.41) is 2.12. The molecule has 0 atom stereocenters. The number of nitrogens with zero attached hydrogens (tertiary/aromatic N) is 1. The average Bonchev–Trinajstić information content (AvgIpc) is 2.36. The molecular weight excluding hydrogens is 250 g/mol. The summed E-state index contributed by atoms with van der Waals surface area (Å²) in [4.78, 5) is 35.2. The number of carbonyl (C=O) groups excluding carboxylic acids is 3. The van der Waals surface area contributed by atoms with Crippen LogP contribution in [0.1, 0.15) is 0 Å². The highest BCUT2D eigenvalue weighted by Gasteiger charge is 2.26. The van der Waals surface area contributed by atoms with Crippen LogP contribution in [0.4, 0.5) is 5.69 Å². The van der Waals surface area contributed by atoms with Gasteiger partial charge in [-0.1, -0.05) is 0 Å². The molecule has 7 nitrogen and oxygen atoms in total. The number of benzene rings is 1. The van der Waals surface area contributed by atoms with Gasteiger partial charge in [-0.3, -0.25) is 19.7 Å². The second-order valence-electron chi connectivity index (χ2n) is 4.08. The van der Waals surface area contributed by atoms with Crippen LogP contribution in [0.5, 0.6) is 5.75 Å². The Balaban J connectivity index is 1.88. The Labute approximate surface area is 109 Å². The number of rotatable bonds is 3. The number of anilines is 1. The third kappa shape index (κ3) is 3.44. The minimum absolute atomic E-state index is 0.129. The van der Waals surface area contributed by atoms with Crippen LogP contribution < -0.4 is 15.8 Å². The number of imide groups is 1. The largest absolute Gasteiger partial charge is 0.484 e. The lowest BCUT2D eigenvalue weighted by atomic mass is 10.3. The first-order chi connectivity index (χ1) is 9.04. The Morgan fingerprint density at radius 2 is 1.79 bits per heavy atom. The molecule has 1 saturated heterocycles. The van der Waals surface area contributed by atoms with Gasteiger partial charge in [-0.25, -0.2) is 0 Å². The van der Waals surface area contributed by atoms with Crippen LogP contribution in [-0.2, 0) is 14.4 Å². The quantitative estimate of drug-likeness (QED) is 0.545. The molecule has 0 aliphatic carbocycles. The number of hydrogen-bond donors (Lipinski definition) is 2. The van der Waals surface area contributed by atoms with E-state index in [1.54, 1.807) is 24.3 Å². The van der Waals surface area contributed by atoms with Crippen molar-refractivity contribution in [2.45, 2.75) is 0 Å². The van der Waals surface area contributed by atoms with E-state index in [4.69, 9.17) is 10.5 Å². The summed E-state index contributed by atoms with van der Waals surface area (Å²) in [7, 11) is 0. The lowest BCUT2D eigenvalue weighted by Gasteiger charge is -2.25. The summed E-state index contributed by atoms with van der Waals surface area (Å²) >= 11 is 0. The van der Waals surface area contributed by atoms with Gasteiger partial charge in [0.05, 0.1) is 0 Å². The van der Waals surface area contributed by atoms with Gasteiger partial charge in [0.2, 0.25) is 11.8 Å². The molecule has 1 aromatic carbocycles. The molecule has 0 bridgehead atoms. The van der Waals surface area contributed by atoms with Crippen LogP contribution in [0.3, 0.4) is 0 Å². The maximum absolute atomic E-state index is 11.8. The van der Waals surface area contributed by atoms with Gasteiger partial charge in [-0.15, -0.1) is 0 Å². The van der Waals surface area contributed by atoms with Gasteiger partial charge in [0.25, 0.3) is 5.91 Å². The molecule has 1 aromatic rings. The maximum atomic E-state index is 11.8. The number of nitrogen functional groups attached to an aromatic ring is 1. The van der Waals surface area contributed by atoms with Crippen molar-refractivity contribution in [3.8, 4) is 5.75 Å². The van der Waals surface area contributed by atoms with Crippen molar-refractivity contribution in [1.29, 1.82) is 0 Å². The van der Waals surface area contributed by atoms with E-state index in [0.29, 0.717) is 11.4 Å². The van der Waals surface area contributed by atoms with Crippen molar-refractivity contribution in [2.24, 2.45) is 0 Å². The molecule has 0 radical (unpaired) electrons. The predicted octanol–water partition coefficient (Wildman–Crippen LogP) is -0.867. The maximum Gasteiger partial charge on any atom is 0.261 e. The molecule has 7 heteroatoms. The molecule has 1 heterocycles. The lowest BCUT2D eigenvalue weighted by Crippen LogP contribution is -2.54. The van der Waals surface area contributed by atoms with Crippen LogP contribution >= 0.6 is 0 Å². The minimum Gasteiger partial charge on any atom is -0.484 e. The molecule has 1 fully saturated rings. The molecule has 19 heavy (non-hydrogen) atoms. The van der Waals surface area contributed by atoms with E-state index in [-0.39, 0.29) is 19.7 Å². The van der Waals surface area contributed by atoms with Gasteiger partial charge >= 0.3 is 0 Å². The average molecular weight is 263 g/mol. The summed E-state index contributed by atoms with van der Waals surface area (Å²) in [5.41, 5.74) is 6.11. The van der Waals surface area contributed by atoms with Gasteiger partial charge in [0.1, 0.15) is 18.8 Å². The van der Waals surface area contributed by atoms with Crippen molar-refractivity contribution in [3.63, 3.8) is 0 Å². The first-order valence-corrected chi connectivity index (χ1v) is 5.63. The predicted molar refractivity (Wildman–Crippen MR) is 66.1 cm³/mol. The van der Waals surface area contributed by atoms with Crippen molar-refractivity contribution < 1.29 is 19.1 Å². The molecular formula is C12H13N3O4. The van der Waals surface area contributed by atoms with Crippen molar-refractivity contribution in [2.75, 3.05) is 25.4 Å². The van der Waals surface area contributed by atoms with Crippen LogP contribution in [0.25, 0.3) is 0 Å². The second-order valence-corrected chi connectivity index (χ2v) is 4.08. The summed E-state index contributed by atoms with van der Waals surface area (Å²) in [6.07, 6.45) is 0. The zero-order valence-corrected chi connectivity index (χ0v) is 10.1. The molecule has 0 aromatic heterocycles. The normalized spacial score (nSPS) is 15.1. The van der Waals surface area contributed by atoms with E-state index in [1.807, 2.05) is 0 Å². The highest BCUT2D eigenvalue weighted by Crippen LogP contribution is 2.13. The highest BCUT2D eigenvalue weighted by atomic mass is 16.5. The number of ether oxygens (including phenoxy) is 1. The zero-order chi connectivity index (χ0) is 13.8. The molecule has 2 rings (SSSR count). The smallest absolute Gasteiger partial charge is 0.261 e. The second kappa shape index (κ2) is 5.38. The molecule has 1 aliphatic rings. The summed E-state index contributed by atoms with van der Waals surface area (Å²) in [5.74, 6) is -0.899. The topological polar surface area (TPSA) is 102 Å². The Hall–Kier alpha value is -2.57. The fourth-order valence-electron chi connectivity index (χ4n) is 1.61. The molecule has 100 valence electrons. The summed E-state index contributed by atoms with van der Waals surface area (Å²) in [6, 6.07) is 6.57. The number of piperazine rings is 1. The monoisotopic (exact) mass is 263 g/mol. The van der Waals surface area contributed by atoms with Crippen LogP contribution in [0.2, 0.25) is 0 Å². The van der Waals surface area contributed by atoms with E-state index >= 15 is 0 Å². The third-order valence-electron chi connectivity index (χ3n) is 2.54. The molecule has 3 N–H and O–H groups in total. The van der Waals surface area contributed by atoms with Gasteiger partial charge in [-0.2, -0.15) is 0 Å².